The highest BCUT2D eigenvalue weighted by Crippen LogP contribution is 2.30. The van der Waals surface area contributed by atoms with Gasteiger partial charge in [-0.25, -0.2) is 9.69 Å². The van der Waals surface area contributed by atoms with Gasteiger partial charge < -0.3 is 4.74 Å². The van der Waals surface area contributed by atoms with Gasteiger partial charge in [0.2, 0.25) is 5.91 Å². The fourth-order valence-electron chi connectivity index (χ4n) is 3.23. The Balaban J connectivity index is 2.14. The summed E-state index contributed by atoms with van der Waals surface area (Å²) in [4.78, 5) is 26.7. The van der Waals surface area contributed by atoms with Gasteiger partial charge in [-0.1, -0.05) is 69.9 Å². The van der Waals surface area contributed by atoms with Crippen LogP contribution < -0.4 is 0 Å². The van der Waals surface area contributed by atoms with Crippen molar-refractivity contribution in [2.75, 3.05) is 6.61 Å². The molecule has 1 aliphatic heterocycles. The van der Waals surface area contributed by atoms with Crippen LogP contribution in [0.3, 0.4) is 0 Å². The molecule has 0 N–H and O–H groups in total. The van der Waals surface area contributed by atoms with Crippen LogP contribution in [-0.4, -0.2) is 23.5 Å². The van der Waals surface area contributed by atoms with E-state index in [-0.39, 0.29) is 24.5 Å². The van der Waals surface area contributed by atoms with Gasteiger partial charge >= 0.3 is 6.09 Å². The molecule has 27 heavy (non-hydrogen) atoms. The Morgan fingerprint density at radius 3 is 2.67 bits per heavy atom. The number of hydrogen-bond acceptors (Lipinski definition) is 3. The van der Waals surface area contributed by atoms with Crippen molar-refractivity contribution in [3.05, 3.63) is 53.8 Å². The molecule has 0 aromatic heterocycles. The van der Waals surface area contributed by atoms with E-state index in [2.05, 4.69) is 19.6 Å². The van der Waals surface area contributed by atoms with Gasteiger partial charge in [0.25, 0.3) is 0 Å². The highest BCUT2D eigenvalue weighted by atomic mass is 16.6. The second kappa shape index (κ2) is 11.4. The average molecular weight is 370 g/mol. The maximum atomic E-state index is 13.2. The molecular formula is C23H31NO3. The van der Waals surface area contributed by atoms with Gasteiger partial charge in [-0.3, -0.25) is 4.79 Å². The number of carbonyl (C=O) groups excluding carboxylic acids is 2. The average Bonchev–Trinajstić information content (AvgIpc) is 3.08. The fourth-order valence-corrected chi connectivity index (χ4v) is 3.23. The number of unbranched alkanes of at least 4 members (excludes halogenated alkanes) is 4. The number of rotatable bonds is 10. The number of carbonyl (C=O) groups is 2. The van der Waals surface area contributed by atoms with Crippen LogP contribution in [0.4, 0.5) is 4.79 Å². The third-order valence-corrected chi connectivity index (χ3v) is 4.85. The van der Waals surface area contributed by atoms with Crippen molar-refractivity contribution in [3.63, 3.8) is 0 Å². The van der Waals surface area contributed by atoms with Crippen LogP contribution in [0, 0.1) is 5.92 Å². The lowest BCUT2D eigenvalue weighted by molar-refractivity contribution is -0.132. The minimum atomic E-state index is -0.546. The Labute approximate surface area is 162 Å². The minimum absolute atomic E-state index is 0.186. The van der Waals surface area contributed by atoms with Crippen molar-refractivity contribution >= 4 is 12.0 Å². The summed E-state index contributed by atoms with van der Waals surface area (Å²) in [5, 5.41) is 0. The third kappa shape index (κ3) is 6.11. The number of benzene rings is 1. The first kappa shape index (κ1) is 21.0. The number of cyclic esters (lactones) is 1. The van der Waals surface area contributed by atoms with Gasteiger partial charge in [0, 0.05) is 0 Å². The first-order valence-electron chi connectivity index (χ1n) is 10.1. The van der Waals surface area contributed by atoms with Crippen molar-refractivity contribution < 1.29 is 14.3 Å². The zero-order chi connectivity index (χ0) is 19.5. The number of nitrogens with zero attached hydrogens (tertiary/aromatic N) is 1. The van der Waals surface area contributed by atoms with E-state index in [9.17, 15) is 9.59 Å². The van der Waals surface area contributed by atoms with E-state index in [1.165, 1.54) is 17.7 Å². The number of ether oxygens (including phenoxy) is 1. The lowest BCUT2D eigenvalue weighted by atomic mass is 9.98. The van der Waals surface area contributed by atoms with E-state index in [0.717, 1.165) is 37.7 Å². The van der Waals surface area contributed by atoms with Crippen LogP contribution in [0.2, 0.25) is 0 Å². The number of amides is 2. The molecule has 0 bridgehead atoms. The minimum Gasteiger partial charge on any atom is -0.446 e. The molecule has 1 saturated heterocycles. The molecule has 2 amide bonds. The molecule has 0 radical (unpaired) electrons. The maximum absolute atomic E-state index is 13.2. The second-order valence-corrected chi connectivity index (χ2v) is 6.99. The van der Waals surface area contributed by atoms with Gasteiger partial charge in [-0.05, 0) is 37.0 Å². The predicted octanol–water partition coefficient (Wildman–Crippen LogP) is 5.80. The van der Waals surface area contributed by atoms with Crippen LogP contribution in [-0.2, 0) is 9.53 Å². The fraction of sp³-hybridized carbons (Fsp3) is 0.522. The molecule has 4 nitrogen and oxygen atoms in total. The van der Waals surface area contributed by atoms with Crippen LogP contribution in [0.5, 0.6) is 0 Å². The molecule has 146 valence electrons. The standard InChI is InChI=1S/C23H31NO3/c1-3-5-7-8-9-11-17-20(14-6-4-2)22(25)24-21(18-27-23(24)26)19-15-12-10-13-16-19/h9-10,12-13,15-17,20-21H,3-8,14,18H2,1-2H3/t11?,20-,21-/m1/s1. The zero-order valence-corrected chi connectivity index (χ0v) is 16.5. The van der Waals surface area contributed by atoms with E-state index >= 15 is 0 Å². The molecule has 0 spiro atoms. The van der Waals surface area contributed by atoms with Gasteiger partial charge in [0.05, 0.1) is 5.92 Å². The molecule has 0 aliphatic carbocycles. The second-order valence-electron chi connectivity index (χ2n) is 6.99. The Morgan fingerprint density at radius 2 is 1.96 bits per heavy atom. The largest absolute Gasteiger partial charge is 0.446 e. The molecule has 2 rings (SSSR count). The Kier molecular flexibility index (Phi) is 8.86. The van der Waals surface area contributed by atoms with Crippen molar-refractivity contribution in [2.24, 2.45) is 5.92 Å². The van der Waals surface area contributed by atoms with E-state index in [1.807, 2.05) is 42.5 Å². The lowest BCUT2D eigenvalue weighted by Crippen LogP contribution is -2.38. The summed E-state index contributed by atoms with van der Waals surface area (Å²) < 4.78 is 5.20. The van der Waals surface area contributed by atoms with Crippen molar-refractivity contribution in [1.82, 2.24) is 4.90 Å². The summed E-state index contributed by atoms with van der Waals surface area (Å²) in [6, 6.07) is 9.25. The van der Waals surface area contributed by atoms with Crippen molar-refractivity contribution in [1.29, 1.82) is 0 Å². The number of imide groups is 1. The first-order valence-corrected chi connectivity index (χ1v) is 10.1. The number of hydrogen-bond donors (Lipinski definition) is 0. The van der Waals surface area contributed by atoms with Crippen molar-refractivity contribution in [3.8, 4) is 0 Å². The normalized spacial score (nSPS) is 17.2. The Morgan fingerprint density at radius 1 is 1.22 bits per heavy atom. The third-order valence-electron chi connectivity index (χ3n) is 4.85. The summed E-state index contributed by atoms with van der Waals surface area (Å²) in [5.74, 6) is -0.529. The van der Waals surface area contributed by atoms with Crippen LogP contribution in [0.1, 0.15) is 70.4 Å². The molecule has 1 fully saturated rings. The monoisotopic (exact) mass is 369 g/mol. The van der Waals surface area contributed by atoms with E-state index < -0.39 is 6.09 Å². The molecule has 1 aromatic carbocycles. The zero-order valence-electron chi connectivity index (χ0n) is 16.5. The summed E-state index contributed by atoms with van der Waals surface area (Å²) in [6.45, 7) is 4.49. The summed E-state index contributed by atoms with van der Waals surface area (Å²) in [7, 11) is 0. The highest BCUT2D eigenvalue weighted by molar-refractivity contribution is 5.95. The Hall–Kier alpha value is -2.32. The summed E-state index contributed by atoms with van der Waals surface area (Å²) in [6.07, 6.45) is 10.4. The predicted molar refractivity (Wildman–Crippen MR) is 107 cm³/mol. The molecule has 1 aromatic rings. The van der Waals surface area contributed by atoms with Gasteiger partial charge in [0.1, 0.15) is 12.6 Å². The van der Waals surface area contributed by atoms with Crippen LogP contribution in [0.15, 0.2) is 48.2 Å². The van der Waals surface area contributed by atoms with Gasteiger partial charge in [-0.2, -0.15) is 0 Å². The molecule has 4 heteroatoms. The summed E-state index contributed by atoms with van der Waals surface area (Å²) in [5.41, 5.74) is 4.10. The van der Waals surface area contributed by atoms with E-state index in [4.69, 9.17) is 4.74 Å². The van der Waals surface area contributed by atoms with Gasteiger partial charge in [0.15, 0.2) is 0 Å². The van der Waals surface area contributed by atoms with Crippen LogP contribution >= 0.6 is 0 Å². The van der Waals surface area contributed by atoms with E-state index in [0.29, 0.717) is 0 Å². The molecule has 1 heterocycles. The van der Waals surface area contributed by atoms with Crippen LogP contribution in [0.25, 0.3) is 0 Å². The topological polar surface area (TPSA) is 46.6 Å². The van der Waals surface area contributed by atoms with E-state index in [1.54, 1.807) is 0 Å². The molecule has 0 saturated carbocycles. The lowest BCUT2D eigenvalue weighted by Gasteiger charge is -2.23. The maximum Gasteiger partial charge on any atom is 0.417 e. The molecule has 0 unspecified atom stereocenters. The molecular weight excluding hydrogens is 338 g/mol. The smallest absolute Gasteiger partial charge is 0.417 e. The highest BCUT2D eigenvalue weighted by Gasteiger charge is 2.40. The summed E-state index contributed by atoms with van der Waals surface area (Å²) >= 11 is 0. The SMILES string of the molecule is CCCCCC=C=C[C@@H](CCCC)C(=O)N1C(=O)OC[C@@H]1c1ccccc1. The molecule has 1 aliphatic rings. The quantitative estimate of drug-likeness (QED) is 0.386. The molecule has 2 atom stereocenters. The first-order chi connectivity index (χ1) is 13.2. The van der Waals surface area contributed by atoms with Crippen molar-refractivity contribution in [2.45, 2.75) is 64.8 Å². The van der Waals surface area contributed by atoms with Gasteiger partial charge in [-0.15, -0.1) is 5.73 Å². The Bertz CT molecular complexity index is 661.